The van der Waals surface area contributed by atoms with Crippen LogP contribution in [0.1, 0.15) is 11.6 Å². The van der Waals surface area contributed by atoms with E-state index in [-0.39, 0.29) is 16.7 Å². The molecule has 2 heterocycles. The molecule has 1 aromatic carbocycles. The van der Waals surface area contributed by atoms with Gasteiger partial charge in [-0.15, -0.1) is 0 Å². The number of alkyl halides is 3. The Kier molecular flexibility index (Phi) is 7.00. The summed E-state index contributed by atoms with van der Waals surface area (Å²) in [7, 11) is 0. The predicted molar refractivity (Wildman–Crippen MR) is 112 cm³/mol. The Bertz CT molecular complexity index is 1040. The fraction of sp³-hybridized carbons (Fsp3) is 0.263. The molecule has 0 radical (unpaired) electrons. The highest BCUT2D eigenvalue weighted by Gasteiger charge is 2.29. The smallest absolute Gasteiger partial charge is 0.368 e. The third-order valence-corrected chi connectivity index (χ3v) is 4.70. The van der Waals surface area contributed by atoms with E-state index in [1.54, 1.807) is 25.4 Å². The highest BCUT2D eigenvalue weighted by atomic mass is 32.2. The fourth-order valence-corrected chi connectivity index (χ4v) is 3.21. The zero-order valence-corrected chi connectivity index (χ0v) is 17.5. The Morgan fingerprint density at radius 3 is 2.52 bits per heavy atom. The number of hydrogen-bond acceptors (Lipinski definition) is 6. The highest BCUT2D eigenvalue weighted by Crippen LogP contribution is 2.37. The van der Waals surface area contributed by atoms with Crippen LogP contribution in [0.2, 0.25) is 0 Å². The largest absolute Gasteiger partial charge is 0.446 e. The molecule has 0 saturated carbocycles. The van der Waals surface area contributed by atoms with Gasteiger partial charge in [-0.05, 0) is 49.9 Å². The molecule has 0 aliphatic heterocycles. The van der Waals surface area contributed by atoms with E-state index in [4.69, 9.17) is 0 Å². The topological polar surface area (TPSA) is 96.8 Å². The number of urea groups is 1. The zero-order valence-electron chi connectivity index (χ0n) is 16.7. The molecular weight excluding hydrogens is 431 g/mol. The number of thioether (sulfide) groups is 1. The molecule has 31 heavy (non-hydrogen) atoms. The van der Waals surface area contributed by atoms with Gasteiger partial charge < -0.3 is 16.0 Å². The second kappa shape index (κ2) is 9.69. The second-order valence-corrected chi connectivity index (χ2v) is 7.52. The standard InChI is InChI=1S/C19H20F3N7OS/c1-12-26-16(11-17(27-12)29-10-9-23-13(29)2)24-7-8-25-18(30)28-14-3-5-15(6-4-14)31-19(20,21)22/h3-6,9-11H,7-8H2,1-2H3,(H,24,26,27)(H2,25,28,30). The summed E-state index contributed by atoms with van der Waals surface area (Å²) in [5.74, 6) is 2.68. The SMILES string of the molecule is Cc1nc(NCCNC(=O)Nc2ccc(SC(F)(F)F)cc2)cc(-n2ccnc2C)n1. The lowest BCUT2D eigenvalue weighted by Gasteiger charge is -2.11. The fourth-order valence-electron chi connectivity index (χ4n) is 2.67. The number of amides is 2. The molecule has 0 unspecified atom stereocenters. The monoisotopic (exact) mass is 451 g/mol. The molecule has 3 rings (SSSR count). The molecule has 3 N–H and O–H groups in total. The maximum atomic E-state index is 12.3. The van der Waals surface area contributed by atoms with Crippen molar-refractivity contribution in [3.05, 3.63) is 54.4 Å². The van der Waals surface area contributed by atoms with Crippen LogP contribution >= 0.6 is 11.8 Å². The van der Waals surface area contributed by atoms with Crippen molar-refractivity contribution < 1.29 is 18.0 Å². The molecule has 0 fully saturated rings. The number of anilines is 2. The average molecular weight is 451 g/mol. The molecule has 2 amide bonds. The number of imidazole rings is 1. The van der Waals surface area contributed by atoms with Gasteiger partial charge in [-0.1, -0.05) is 0 Å². The molecular formula is C19H20F3N7OS. The van der Waals surface area contributed by atoms with E-state index in [1.165, 1.54) is 24.3 Å². The van der Waals surface area contributed by atoms with Gasteiger partial charge in [0.1, 0.15) is 23.3 Å². The van der Waals surface area contributed by atoms with Gasteiger partial charge in [0.2, 0.25) is 0 Å². The first-order valence-electron chi connectivity index (χ1n) is 9.20. The lowest BCUT2D eigenvalue weighted by molar-refractivity contribution is -0.0328. The van der Waals surface area contributed by atoms with Crippen LogP contribution in [0.5, 0.6) is 0 Å². The minimum absolute atomic E-state index is 0.0491. The van der Waals surface area contributed by atoms with E-state index in [9.17, 15) is 18.0 Å². The van der Waals surface area contributed by atoms with Crippen LogP contribution in [-0.2, 0) is 0 Å². The first-order valence-corrected chi connectivity index (χ1v) is 10.0. The molecule has 164 valence electrons. The van der Waals surface area contributed by atoms with E-state index in [2.05, 4.69) is 30.9 Å². The van der Waals surface area contributed by atoms with E-state index < -0.39 is 11.5 Å². The van der Waals surface area contributed by atoms with E-state index >= 15 is 0 Å². The molecule has 0 spiro atoms. The maximum Gasteiger partial charge on any atom is 0.446 e. The maximum absolute atomic E-state index is 12.3. The quantitative estimate of drug-likeness (QED) is 0.369. The number of nitrogens with zero attached hydrogens (tertiary/aromatic N) is 4. The number of nitrogens with one attached hydrogen (secondary N) is 3. The number of aryl methyl sites for hydroxylation is 2. The minimum Gasteiger partial charge on any atom is -0.368 e. The van der Waals surface area contributed by atoms with Crippen LogP contribution in [0.25, 0.3) is 5.82 Å². The van der Waals surface area contributed by atoms with Crippen LogP contribution in [0.4, 0.5) is 29.5 Å². The van der Waals surface area contributed by atoms with Gasteiger partial charge in [-0.2, -0.15) is 13.2 Å². The Labute approximate surface area is 180 Å². The molecule has 8 nitrogen and oxygen atoms in total. The summed E-state index contributed by atoms with van der Waals surface area (Å²) in [6.45, 7) is 4.37. The van der Waals surface area contributed by atoms with Crippen molar-refractivity contribution in [3.63, 3.8) is 0 Å². The van der Waals surface area contributed by atoms with Crippen LogP contribution in [0.3, 0.4) is 0 Å². The van der Waals surface area contributed by atoms with Gasteiger partial charge in [0.25, 0.3) is 0 Å². The Morgan fingerprint density at radius 1 is 1.13 bits per heavy atom. The van der Waals surface area contributed by atoms with Crippen molar-refractivity contribution in [2.24, 2.45) is 0 Å². The van der Waals surface area contributed by atoms with Crippen LogP contribution in [-0.4, -0.2) is 44.1 Å². The molecule has 0 saturated heterocycles. The van der Waals surface area contributed by atoms with Gasteiger partial charge in [0.15, 0.2) is 0 Å². The second-order valence-electron chi connectivity index (χ2n) is 6.38. The van der Waals surface area contributed by atoms with Gasteiger partial charge in [-0.25, -0.2) is 19.7 Å². The molecule has 2 aromatic heterocycles. The number of aromatic nitrogens is 4. The van der Waals surface area contributed by atoms with Gasteiger partial charge in [0, 0.05) is 42.1 Å². The predicted octanol–water partition coefficient (Wildman–Crippen LogP) is 4.12. The van der Waals surface area contributed by atoms with Crippen molar-refractivity contribution in [1.82, 2.24) is 24.8 Å². The summed E-state index contributed by atoms with van der Waals surface area (Å²) in [4.78, 5) is 24.9. The molecule has 0 aliphatic carbocycles. The molecule has 0 bridgehead atoms. The summed E-state index contributed by atoms with van der Waals surface area (Å²) in [5.41, 5.74) is -3.95. The summed E-state index contributed by atoms with van der Waals surface area (Å²) in [5, 5.41) is 8.35. The molecule has 12 heteroatoms. The number of carbonyl (C=O) groups excluding carboxylic acids is 1. The normalized spacial score (nSPS) is 11.3. The van der Waals surface area contributed by atoms with Crippen LogP contribution < -0.4 is 16.0 Å². The minimum atomic E-state index is -4.35. The summed E-state index contributed by atoms with van der Waals surface area (Å²) in [6, 6.07) is 6.73. The molecule has 0 atom stereocenters. The van der Waals surface area contributed by atoms with Gasteiger partial charge in [-0.3, -0.25) is 4.57 Å². The van der Waals surface area contributed by atoms with Crippen molar-refractivity contribution in [3.8, 4) is 5.82 Å². The Hall–Kier alpha value is -3.28. The van der Waals surface area contributed by atoms with Crippen molar-refractivity contribution >= 4 is 29.3 Å². The van der Waals surface area contributed by atoms with E-state index in [0.29, 0.717) is 36.2 Å². The number of benzene rings is 1. The number of carbonyl (C=O) groups is 1. The Balaban J connectivity index is 1.46. The third kappa shape index (κ3) is 6.88. The number of halogens is 3. The number of hydrogen-bond donors (Lipinski definition) is 3. The number of rotatable bonds is 7. The van der Waals surface area contributed by atoms with Gasteiger partial charge in [0.05, 0.1) is 0 Å². The average Bonchev–Trinajstić information content (AvgIpc) is 3.11. The van der Waals surface area contributed by atoms with Crippen molar-refractivity contribution in [2.75, 3.05) is 23.7 Å². The third-order valence-electron chi connectivity index (χ3n) is 3.96. The Morgan fingerprint density at radius 2 is 1.87 bits per heavy atom. The lowest BCUT2D eigenvalue weighted by atomic mass is 10.3. The van der Waals surface area contributed by atoms with Gasteiger partial charge >= 0.3 is 11.5 Å². The first kappa shape index (κ1) is 22.4. The highest BCUT2D eigenvalue weighted by molar-refractivity contribution is 8.00. The van der Waals surface area contributed by atoms with Crippen LogP contribution in [0.15, 0.2) is 47.6 Å². The summed E-state index contributed by atoms with van der Waals surface area (Å²) in [6.07, 6.45) is 3.49. The van der Waals surface area contributed by atoms with Crippen molar-refractivity contribution in [1.29, 1.82) is 0 Å². The van der Waals surface area contributed by atoms with E-state index in [1.807, 2.05) is 11.5 Å². The lowest BCUT2D eigenvalue weighted by Crippen LogP contribution is -2.32. The molecule has 3 aromatic rings. The van der Waals surface area contributed by atoms with Crippen LogP contribution in [0, 0.1) is 13.8 Å². The van der Waals surface area contributed by atoms with Crippen molar-refractivity contribution in [2.45, 2.75) is 24.3 Å². The van der Waals surface area contributed by atoms with E-state index in [0.717, 1.165) is 5.82 Å². The summed E-state index contributed by atoms with van der Waals surface area (Å²) < 4.78 is 38.9. The zero-order chi connectivity index (χ0) is 22.4. The first-order chi connectivity index (χ1) is 14.7. The molecule has 0 aliphatic rings. The summed E-state index contributed by atoms with van der Waals surface area (Å²) >= 11 is -0.207.